The van der Waals surface area contributed by atoms with Crippen LogP contribution in [0.3, 0.4) is 0 Å². The molecule has 1 aromatic carbocycles. The summed E-state index contributed by atoms with van der Waals surface area (Å²) in [6.07, 6.45) is 2.86. The third kappa shape index (κ3) is 4.87. The molecule has 1 aromatic rings. The molecule has 3 nitrogen and oxygen atoms in total. The summed E-state index contributed by atoms with van der Waals surface area (Å²) in [5.74, 6) is 0.170. The van der Waals surface area contributed by atoms with E-state index in [4.69, 9.17) is 0 Å². The number of amides is 1. The number of carbonyl (C=O) groups excluding carboxylic acids is 1. The minimum absolute atomic E-state index is 0.170. The summed E-state index contributed by atoms with van der Waals surface area (Å²) in [4.78, 5) is 12.3. The minimum atomic E-state index is -0.235. The molecule has 3 heteroatoms. The number of rotatable bonds is 8. The average molecular weight is 276 g/mol. The van der Waals surface area contributed by atoms with Gasteiger partial charge >= 0.3 is 0 Å². The Morgan fingerprint density at radius 2 is 1.90 bits per heavy atom. The smallest absolute Gasteiger partial charge is 0.225 e. The van der Waals surface area contributed by atoms with Crippen LogP contribution in [-0.4, -0.2) is 18.5 Å². The molecule has 2 atom stereocenters. The number of hydrogen-bond acceptors (Lipinski definition) is 2. The zero-order valence-corrected chi connectivity index (χ0v) is 13.2. The molecular weight excluding hydrogens is 248 g/mol. The number of nitrogens with one attached hydrogen (secondary N) is 2. The topological polar surface area (TPSA) is 41.1 Å². The van der Waals surface area contributed by atoms with Crippen molar-refractivity contribution in [2.75, 3.05) is 11.9 Å². The summed E-state index contributed by atoms with van der Waals surface area (Å²) in [6.45, 7) is 8.99. The van der Waals surface area contributed by atoms with Gasteiger partial charge in [0.15, 0.2) is 0 Å². The first kappa shape index (κ1) is 16.5. The van der Waals surface area contributed by atoms with Gasteiger partial charge < -0.3 is 10.6 Å². The first-order valence-corrected chi connectivity index (χ1v) is 7.61. The van der Waals surface area contributed by atoms with Crippen molar-refractivity contribution in [2.45, 2.75) is 53.0 Å². The standard InChI is InChI=1S/C17H28N2O/c1-5-12-17(4,6-2)16(20)18-13-14(3)19-15-10-8-7-9-11-15/h7-11,14,19H,5-6,12-13H2,1-4H3,(H,18,20)/t14-,17-/m0/s1. The zero-order chi connectivity index (χ0) is 15.0. The average Bonchev–Trinajstić information content (AvgIpc) is 2.46. The van der Waals surface area contributed by atoms with Gasteiger partial charge in [-0.15, -0.1) is 0 Å². The lowest BCUT2D eigenvalue weighted by atomic mass is 9.82. The molecule has 1 rings (SSSR count). The van der Waals surface area contributed by atoms with Gasteiger partial charge in [-0.3, -0.25) is 4.79 Å². The molecule has 20 heavy (non-hydrogen) atoms. The zero-order valence-electron chi connectivity index (χ0n) is 13.2. The van der Waals surface area contributed by atoms with Crippen LogP contribution >= 0.6 is 0 Å². The third-order valence-corrected chi connectivity index (χ3v) is 3.89. The van der Waals surface area contributed by atoms with E-state index in [0.717, 1.165) is 24.9 Å². The Morgan fingerprint density at radius 3 is 2.45 bits per heavy atom. The van der Waals surface area contributed by atoms with Crippen molar-refractivity contribution in [3.8, 4) is 0 Å². The van der Waals surface area contributed by atoms with Crippen LogP contribution in [0.2, 0.25) is 0 Å². The van der Waals surface area contributed by atoms with Crippen molar-refractivity contribution >= 4 is 11.6 Å². The van der Waals surface area contributed by atoms with Crippen LogP contribution in [0.15, 0.2) is 30.3 Å². The monoisotopic (exact) mass is 276 g/mol. The van der Waals surface area contributed by atoms with E-state index < -0.39 is 0 Å². The molecule has 112 valence electrons. The molecule has 0 aromatic heterocycles. The fourth-order valence-electron chi connectivity index (χ4n) is 2.33. The molecule has 1 amide bonds. The van der Waals surface area contributed by atoms with Crippen LogP contribution in [0.25, 0.3) is 0 Å². The van der Waals surface area contributed by atoms with Gasteiger partial charge in [0.25, 0.3) is 0 Å². The highest BCUT2D eigenvalue weighted by Crippen LogP contribution is 2.27. The molecular formula is C17H28N2O. The summed E-state index contributed by atoms with van der Waals surface area (Å²) >= 11 is 0. The Labute approximate surface area is 123 Å². The molecule has 2 N–H and O–H groups in total. The van der Waals surface area contributed by atoms with Gasteiger partial charge in [-0.05, 0) is 31.9 Å². The van der Waals surface area contributed by atoms with Gasteiger partial charge in [0.1, 0.15) is 0 Å². The van der Waals surface area contributed by atoms with E-state index in [0.29, 0.717) is 6.54 Å². The predicted molar refractivity (Wildman–Crippen MR) is 85.8 cm³/mol. The van der Waals surface area contributed by atoms with Gasteiger partial charge in [-0.1, -0.05) is 45.4 Å². The Bertz CT molecular complexity index is 405. The fourth-order valence-corrected chi connectivity index (χ4v) is 2.33. The van der Waals surface area contributed by atoms with Crippen molar-refractivity contribution in [1.29, 1.82) is 0 Å². The van der Waals surface area contributed by atoms with E-state index in [1.54, 1.807) is 0 Å². The number of anilines is 1. The largest absolute Gasteiger partial charge is 0.381 e. The van der Waals surface area contributed by atoms with Crippen molar-refractivity contribution in [3.63, 3.8) is 0 Å². The Balaban J connectivity index is 2.44. The second kappa shape index (κ2) is 7.93. The number of benzene rings is 1. The minimum Gasteiger partial charge on any atom is -0.381 e. The van der Waals surface area contributed by atoms with E-state index >= 15 is 0 Å². The first-order valence-electron chi connectivity index (χ1n) is 7.61. The molecule has 0 aliphatic heterocycles. The highest BCUT2D eigenvalue weighted by atomic mass is 16.2. The summed E-state index contributed by atoms with van der Waals surface area (Å²) in [6, 6.07) is 10.3. The number of carbonyl (C=O) groups is 1. The molecule has 0 spiro atoms. The van der Waals surface area contributed by atoms with Gasteiger partial charge in [-0.2, -0.15) is 0 Å². The molecule has 0 saturated heterocycles. The third-order valence-electron chi connectivity index (χ3n) is 3.89. The van der Waals surface area contributed by atoms with Gasteiger partial charge in [-0.25, -0.2) is 0 Å². The molecule has 0 radical (unpaired) electrons. The van der Waals surface area contributed by atoms with E-state index in [9.17, 15) is 4.79 Å². The van der Waals surface area contributed by atoms with Crippen LogP contribution in [0.5, 0.6) is 0 Å². The molecule has 0 aliphatic rings. The summed E-state index contributed by atoms with van der Waals surface area (Å²) in [5, 5.41) is 6.46. The van der Waals surface area contributed by atoms with Crippen LogP contribution in [0.1, 0.15) is 47.0 Å². The molecule has 0 unspecified atom stereocenters. The maximum absolute atomic E-state index is 12.3. The summed E-state index contributed by atoms with van der Waals surface area (Å²) in [5.41, 5.74) is 0.849. The molecule has 0 aliphatic carbocycles. The van der Waals surface area contributed by atoms with E-state index in [1.807, 2.05) is 30.3 Å². The SMILES string of the molecule is CCC[C@](C)(CC)C(=O)NC[C@H](C)Nc1ccccc1. The molecule has 0 bridgehead atoms. The lowest BCUT2D eigenvalue weighted by Crippen LogP contribution is -2.42. The summed E-state index contributed by atoms with van der Waals surface area (Å²) < 4.78 is 0. The van der Waals surface area contributed by atoms with Crippen molar-refractivity contribution < 1.29 is 4.79 Å². The van der Waals surface area contributed by atoms with Gasteiger partial charge in [0, 0.05) is 23.7 Å². The van der Waals surface area contributed by atoms with E-state index in [1.165, 1.54) is 0 Å². The van der Waals surface area contributed by atoms with Crippen LogP contribution in [-0.2, 0) is 4.79 Å². The quantitative estimate of drug-likeness (QED) is 0.758. The highest BCUT2D eigenvalue weighted by Gasteiger charge is 2.29. The predicted octanol–water partition coefficient (Wildman–Crippen LogP) is 3.82. The maximum atomic E-state index is 12.3. The fraction of sp³-hybridized carbons (Fsp3) is 0.588. The van der Waals surface area contributed by atoms with Crippen LogP contribution in [0.4, 0.5) is 5.69 Å². The maximum Gasteiger partial charge on any atom is 0.225 e. The summed E-state index contributed by atoms with van der Waals surface area (Å²) in [7, 11) is 0. The Hall–Kier alpha value is -1.51. The second-order valence-corrected chi connectivity index (χ2v) is 5.79. The molecule has 0 heterocycles. The highest BCUT2D eigenvalue weighted by molar-refractivity contribution is 5.82. The lowest BCUT2D eigenvalue weighted by molar-refractivity contribution is -0.130. The van der Waals surface area contributed by atoms with Crippen molar-refractivity contribution in [3.05, 3.63) is 30.3 Å². The van der Waals surface area contributed by atoms with Crippen molar-refractivity contribution in [1.82, 2.24) is 5.32 Å². The lowest BCUT2D eigenvalue weighted by Gasteiger charge is -2.27. The van der Waals surface area contributed by atoms with Gasteiger partial charge in [0.2, 0.25) is 5.91 Å². The van der Waals surface area contributed by atoms with Crippen LogP contribution < -0.4 is 10.6 Å². The van der Waals surface area contributed by atoms with Gasteiger partial charge in [0.05, 0.1) is 0 Å². The first-order chi connectivity index (χ1) is 9.51. The van der Waals surface area contributed by atoms with E-state index in [2.05, 4.69) is 38.3 Å². The van der Waals surface area contributed by atoms with E-state index in [-0.39, 0.29) is 17.4 Å². The molecule has 0 fully saturated rings. The Morgan fingerprint density at radius 1 is 1.25 bits per heavy atom. The number of para-hydroxylation sites is 1. The van der Waals surface area contributed by atoms with Crippen LogP contribution in [0, 0.1) is 5.41 Å². The normalized spacial score (nSPS) is 15.2. The molecule has 0 saturated carbocycles. The Kier molecular flexibility index (Phi) is 6.56. The van der Waals surface area contributed by atoms with Crippen molar-refractivity contribution in [2.24, 2.45) is 5.41 Å². The second-order valence-electron chi connectivity index (χ2n) is 5.79. The number of hydrogen-bond donors (Lipinski definition) is 2.